The Bertz CT molecular complexity index is 1000. The van der Waals surface area contributed by atoms with Gasteiger partial charge in [0, 0.05) is 0 Å². The normalized spacial score (nSPS) is 11.9. The average Bonchev–Trinajstić information content (AvgIpc) is 2.73. The molecule has 30 heavy (non-hydrogen) atoms. The van der Waals surface area contributed by atoms with Gasteiger partial charge in [-0.15, -0.1) is 0 Å². The van der Waals surface area contributed by atoms with Crippen LogP contribution in [0.2, 0.25) is 26.2 Å². The van der Waals surface area contributed by atoms with Crippen molar-refractivity contribution in [3.8, 4) is 0 Å². The van der Waals surface area contributed by atoms with Crippen LogP contribution in [0.15, 0.2) is 72.8 Å². The lowest BCUT2D eigenvalue weighted by molar-refractivity contribution is 0.0683. The van der Waals surface area contributed by atoms with Crippen LogP contribution in [-0.2, 0) is 0 Å². The van der Waals surface area contributed by atoms with Crippen LogP contribution in [0.1, 0.15) is 20.7 Å². The molecule has 4 nitrogen and oxygen atoms in total. The summed E-state index contributed by atoms with van der Waals surface area (Å²) in [4.78, 5) is 24.6. The quantitative estimate of drug-likeness (QED) is 0.585. The average molecular weight is 435 g/mol. The van der Waals surface area contributed by atoms with Gasteiger partial charge >= 0.3 is 11.9 Å². The monoisotopic (exact) mass is 434 g/mol. The summed E-state index contributed by atoms with van der Waals surface area (Å²) in [5.74, 6) is -2.03. The van der Waals surface area contributed by atoms with E-state index in [-0.39, 0.29) is 11.1 Å². The Balaban J connectivity index is 2.32. The molecule has 0 fully saturated rings. The number of carboxylic acid groups (broad SMARTS) is 2. The molecule has 0 aromatic heterocycles. The third kappa shape index (κ3) is 3.88. The molecule has 0 radical (unpaired) electrons. The van der Waals surface area contributed by atoms with E-state index in [1.54, 1.807) is 12.1 Å². The van der Waals surface area contributed by atoms with Gasteiger partial charge in [0.25, 0.3) is 0 Å². The molecule has 0 heterocycles. The van der Waals surface area contributed by atoms with Crippen LogP contribution >= 0.6 is 0 Å². The summed E-state index contributed by atoms with van der Waals surface area (Å²) in [7, 11) is -4.86. The van der Waals surface area contributed by atoms with Crippen molar-refractivity contribution in [1.29, 1.82) is 0 Å². The molecule has 0 atom stereocenters. The Kier molecular flexibility index (Phi) is 5.83. The smallest absolute Gasteiger partial charge is 0.335 e. The standard InChI is InChI=1S/C24H26O4Si2/c1-29(2,17-11-7-5-8-12-17)21-15-20(24(27)28)22(16-19(21)23(25)26)30(3,4)18-13-9-6-10-14-18/h5-16H,1-4H3,(H,25,26)(H,27,28). The fourth-order valence-electron chi connectivity index (χ4n) is 4.01. The van der Waals surface area contributed by atoms with Crippen LogP contribution < -0.4 is 20.7 Å². The molecule has 0 aliphatic rings. The van der Waals surface area contributed by atoms with Crippen LogP contribution in [-0.4, -0.2) is 38.3 Å². The molecule has 0 saturated carbocycles. The van der Waals surface area contributed by atoms with Gasteiger partial charge in [0.2, 0.25) is 0 Å². The molecule has 0 saturated heterocycles. The fourth-order valence-corrected chi connectivity index (χ4v) is 9.40. The molecule has 0 amide bonds. The number of carboxylic acids is 2. The SMILES string of the molecule is C[Si](C)(c1ccccc1)c1cc(C(=O)O)c([Si](C)(C)c2ccccc2)cc1C(=O)O. The minimum Gasteiger partial charge on any atom is -0.478 e. The van der Waals surface area contributed by atoms with E-state index in [1.165, 1.54) is 0 Å². The predicted molar refractivity (Wildman–Crippen MR) is 127 cm³/mol. The molecule has 0 bridgehead atoms. The first kappa shape index (κ1) is 21.7. The van der Waals surface area contributed by atoms with E-state index < -0.39 is 28.1 Å². The molecule has 3 aromatic rings. The minimum absolute atomic E-state index is 0.215. The lowest BCUT2D eigenvalue weighted by Crippen LogP contribution is -2.59. The summed E-state index contributed by atoms with van der Waals surface area (Å²) in [6.07, 6.45) is 0. The molecule has 154 valence electrons. The molecule has 2 N–H and O–H groups in total. The fraction of sp³-hybridized carbons (Fsp3) is 0.167. The van der Waals surface area contributed by atoms with Crippen molar-refractivity contribution >= 4 is 48.8 Å². The first-order valence-corrected chi connectivity index (χ1v) is 15.8. The third-order valence-electron chi connectivity index (χ3n) is 5.96. The number of hydrogen-bond acceptors (Lipinski definition) is 2. The van der Waals surface area contributed by atoms with Gasteiger partial charge in [-0.1, -0.05) is 97.2 Å². The molecular formula is C24H26O4Si2. The Labute approximate surface area is 178 Å². The van der Waals surface area contributed by atoms with Crippen molar-refractivity contribution in [2.45, 2.75) is 26.2 Å². The molecule has 6 heteroatoms. The van der Waals surface area contributed by atoms with Gasteiger partial charge in [-0.05, 0) is 22.5 Å². The maximum Gasteiger partial charge on any atom is 0.335 e. The van der Waals surface area contributed by atoms with E-state index in [9.17, 15) is 19.8 Å². The second-order valence-corrected chi connectivity index (χ2v) is 17.3. The first-order chi connectivity index (χ1) is 14.1. The van der Waals surface area contributed by atoms with Crippen LogP contribution in [0.5, 0.6) is 0 Å². The van der Waals surface area contributed by atoms with Gasteiger partial charge in [0.05, 0.1) is 11.1 Å². The van der Waals surface area contributed by atoms with Crippen molar-refractivity contribution in [1.82, 2.24) is 0 Å². The highest BCUT2D eigenvalue weighted by molar-refractivity contribution is 7.02. The van der Waals surface area contributed by atoms with Gasteiger partial charge in [-0.25, -0.2) is 9.59 Å². The summed E-state index contributed by atoms with van der Waals surface area (Å²) in [6, 6.07) is 22.8. The largest absolute Gasteiger partial charge is 0.478 e. The van der Waals surface area contributed by atoms with Crippen molar-refractivity contribution in [3.05, 3.63) is 83.9 Å². The lowest BCUT2D eigenvalue weighted by atomic mass is 10.1. The van der Waals surface area contributed by atoms with E-state index in [1.807, 2.05) is 60.7 Å². The van der Waals surface area contributed by atoms with E-state index in [2.05, 4.69) is 26.2 Å². The number of carbonyl (C=O) groups is 2. The number of hydrogen-bond donors (Lipinski definition) is 2. The number of aromatic carboxylic acids is 2. The predicted octanol–water partition coefficient (Wildman–Crippen LogP) is 2.73. The Morgan fingerprint density at radius 2 is 0.900 bits per heavy atom. The van der Waals surface area contributed by atoms with Crippen molar-refractivity contribution < 1.29 is 19.8 Å². The zero-order valence-corrected chi connectivity index (χ0v) is 19.6. The van der Waals surface area contributed by atoms with Crippen LogP contribution in [0.4, 0.5) is 0 Å². The molecule has 0 unspecified atom stereocenters. The van der Waals surface area contributed by atoms with Gasteiger partial charge in [0.1, 0.15) is 16.1 Å². The summed E-state index contributed by atoms with van der Waals surface area (Å²) < 4.78 is 0. The van der Waals surface area contributed by atoms with Gasteiger partial charge in [0.15, 0.2) is 0 Å². The summed E-state index contributed by atoms with van der Waals surface area (Å²) in [5.41, 5.74) is 0.430. The van der Waals surface area contributed by atoms with E-state index in [0.29, 0.717) is 10.4 Å². The second kappa shape index (κ2) is 8.04. The van der Waals surface area contributed by atoms with Crippen molar-refractivity contribution in [2.24, 2.45) is 0 Å². The molecular weight excluding hydrogens is 408 g/mol. The van der Waals surface area contributed by atoms with Crippen LogP contribution in [0, 0.1) is 0 Å². The number of benzene rings is 3. The van der Waals surface area contributed by atoms with Crippen molar-refractivity contribution in [2.75, 3.05) is 0 Å². The Morgan fingerprint density at radius 1 is 0.600 bits per heavy atom. The van der Waals surface area contributed by atoms with Crippen LogP contribution in [0.25, 0.3) is 0 Å². The van der Waals surface area contributed by atoms with E-state index in [0.717, 1.165) is 10.4 Å². The lowest BCUT2D eigenvalue weighted by Gasteiger charge is -2.30. The zero-order valence-electron chi connectivity index (χ0n) is 17.6. The zero-order chi connectivity index (χ0) is 22.1. The van der Waals surface area contributed by atoms with Crippen LogP contribution in [0.3, 0.4) is 0 Å². The maximum absolute atomic E-state index is 12.3. The molecule has 0 spiro atoms. The van der Waals surface area contributed by atoms with E-state index in [4.69, 9.17) is 0 Å². The highest BCUT2D eigenvalue weighted by atomic mass is 28.3. The highest BCUT2D eigenvalue weighted by Crippen LogP contribution is 2.15. The third-order valence-corrected chi connectivity index (χ3v) is 13.0. The first-order valence-electron chi connectivity index (χ1n) is 9.83. The Morgan fingerprint density at radius 3 is 1.17 bits per heavy atom. The van der Waals surface area contributed by atoms with Crippen molar-refractivity contribution in [3.63, 3.8) is 0 Å². The molecule has 0 aliphatic heterocycles. The van der Waals surface area contributed by atoms with Gasteiger partial charge < -0.3 is 10.2 Å². The molecule has 3 rings (SSSR count). The maximum atomic E-state index is 12.3. The van der Waals surface area contributed by atoms with Gasteiger partial charge in [-0.2, -0.15) is 0 Å². The van der Waals surface area contributed by atoms with E-state index >= 15 is 0 Å². The second-order valence-electron chi connectivity index (χ2n) is 8.54. The highest BCUT2D eigenvalue weighted by Gasteiger charge is 2.36. The topological polar surface area (TPSA) is 74.6 Å². The minimum atomic E-state index is -2.43. The summed E-state index contributed by atoms with van der Waals surface area (Å²) in [5, 5.41) is 23.5. The van der Waals surface area contributed by atoms with Gasteiger partial charge in [-0.3, -0.25) is 0 Å². The molecule has 0 aliphatic carbocycles. The summed E-state index contributed by atoms with van der Waals surface area (Å²) in [6.45, 7) is 8.26. The summed E-state index contributed by atoms with van der Waals surface area (Å²) >= 11 is 0. The number of rotatable bonds is 6. The molecule has 3 aromatic carbocycles. The Hall–Kier alpha value is -2.97.